The second-order valence-corrected chi connectivity index (χ2v) is 7.70. The largest absolute Gasteiger partial charge is 0.367 e. The van der Waals surface area contributed by atoms with Crippen LogP contribution in [0.5, 0.6) is 0 Å². The molecule has 1 amide bonds. The Labute approximate surface area is 177 Å². The van der Waals surface area contributed by atoms with Crippen LogP contribution in [0.15, 0.2) is 65.5 Å². The predicted octanol–water partition coefficient (Wildman–Crippen LogP) is 3.97. The molecular formula is C22H20ClN5O2. The number of hydrogen-bond donors (Lipinski definition) is 1. The quantitative estimate of drug-likeness (QED) is 0.528. The third kappa shape index (κ3) is 4.11. The molecule has 2 heterocycles. The molecule has 1 N–H and O–H groups in total. The number of carbonyl (C=O) groups is 1. The van der Waals surface area contributed by atoms with Crippen molar-refractivity contribution in [3.63, 3.8) is 0 Å². The van der Waals surface area contributed by atoms with Gasteiger partial charge < -0.3 is 5.32 Å². The maximum absolute atomic E-state index is 12.7. The summed E-state index contributed by atoms with van der Waals surface area (Å²) in [5.74, 6) is 0.0762. The van der Waals surface area contributed by atoms with Crippen molar-refractivity contribution in [2.45, 2.75) is 26.3 Å². The van der Waals surface area contributed by atoms with Gasteiger partial charge in [-0.2, -0.15) is 9.61 Å². The molecule has 4 rings (SSSR count). The lowest BCUT2D eigenvalue weighted by molar-refractivity contribution is -0.117. The van der Waals surface area contributed by atoms with Gasteiger partial charge in [-0.3, -0.25) is 4.79 Å². The molecular weight excluding hydrogens is 402 g/mol. The van der Waals surface area contributed by atoms with E-state index in [0.717, 1.165) is 10.2 Å². The first-order valence-corrected chi connectivity index (χ1v) is 9.91. The Bertz CT molecular complexity index is 1260. The van der Waals surface area contributed by atoms with Crippen LogP contribution in [0.2, 0.25) is 5.02 Å². The van der Waals surface area contributed by atoms with Gasteiger partial charge in [0.2, 0.25) is 5.91 Å². The summed E-state index contributed by atoms with van der Waals surface area (Å²) in [6.07, 6.45) is 0. The lowest BCUT2D eigenvalue weighted by Crippen LogP contribution is -2.28. The molecule has 4 aromatic rings. The maximum atomic E-state index is 12.7. The first-order chi connectivity index (χ1) is 14.4. The SMILES string of the molecule is CC(C)c1ccc(NC(=O)Cn2nc3ccc(-c4ccc(Cl)cc4)nn3c2=O)cc1. The van der Waals surface area contributed by atoms with E-state index in [9.17, 15) is 9.59 Å². The number of halogens is 1. The number of benzene rings is 2. The predicted molar refractivity (Wildman–Crippen MR) is 117 cm³/mol. The summed E-state index contributed by atoms with van der Waals surface area (Å²) in [5, 5.41) is 12.0. The number of rotatable bonds is 5. The van der Waals surface area contributed by atoms with E-state index < -0.39 is 5.69 Å². The highest BCUT2D eigenvalue weighted by Gasteiger charge is 2.13. The van der Waals surface area contributed by atoms with Crippen molar-refractivity contribution >= 4 is 28.8 Å². The molecule has 0 aliphatic carbocycles. The molecule has 8 heteroatoms. The van der Waals surface area contributed by atoms with Crippen LogP contribution in [0.1, 0.15) is 25.3 Å². The summed E-state index contributed by atoms with van der Waals surface area (Å²) in [4.78, 5) is 25.1. The zero-order valence-electron chi connectivity index (χ0n) is 16.5. The Hall–Kier alpha value is -3.45. The van der Waals surface area contributed by atoms with Crippen LogP contribution < -0.4 is 11.0 Å². The number of hydrogen-bond acceptors (Lipinski definition) is 4. The van der Waals surface area contributed by atoms with Crippen molar-refractivity contribution in [1.82, 2.24) is 19.4 Å². The molecule has 7 nitrogen and oxygen atoms in total. The van der Waals surface area contributed by atoms with Crippen LogP contribution >= 0.6 is 11.6 Å². The van der Waals surface area contributed by atoms with Gasteiger partial charge in [-0.15, -0.1) is 5.10 Å². The van der Waals surface area contributed by atoms with Gasteiger partial charge in [-0.05, 0) is 47.9 Å². The summed E-state index contributed by atoms with van der Waals surface area (Å²) in [6, 6.07) is 18.3. The fraction of sp³-hybridized carbons (Fsp3) is 0.182. The highest BCUT2D eigenvalue weighted by atomic mass is 35.5. The molecule has 0 atom stereocenters. The lowest BCUT2D eigenvalue weighted by Gasteiger charge is -2.08. The molecule has 0 aliphatic rings. The van der Waals surface area contributed by atoms with E-state index in [1.54, 1.807) is 24.3 Å². The number of fused-ring (bicyclic) bond motifs is 1. The number of aromatic nitrogens is 4. The number of anilines is 1. The molecule has 0 spiro atoms. The minimum Gasteiger partial charge on any atom is -0.324 e. The summed E-state index contributed by atoms with van der Waals surface area (Å²) >= 11 is 5.92. The number of amides is 1. The molecule has 0 saturated heterocycles. The molecule has 0 unspecified atom stereocenters. The van der Waals surface area contributed by atoms with Crippen molar-refractivity contribution in [3.8, 4) is 11.3 Å². The summed E-state index contributed by atoms with van der Waals surface area (Å²) in [5.41, 5.74) is 3.17. The van der Waals surface area contributed by atoms with Gasteiger partial charge in [0.15, 0.2) is 5.65 Å². The monoisotopic (exact) mass is 421 g/mol. The first kappa shape index (κ1) is 19.8. The van der Waals surface area contributed by atoms with Gasteiger partial charge in [0.05, 0.1) is 5.69 Å². The summed E-state index contributed by atoms with van der Waals surface area (Å²) < 4.78 is 2.29. The topological polar surface area (TPSA) is 81.3 Å². The van der Waals surface area contributed by atoms with Crippen LogP contribution in [0.3, 0.4) is 0 Å². The molecule has 0 aliphatic heterocycles. The summed E-state index contributed by atoms with van der Waals surface area (Å²) in [7, 11) is 0. The molecule has 30 heavy (non-hydrogen) atoms. The molecule has 2 aromatic heterocycles. The van der Waals surface area contributed by atoms with E-state index in [2.05, 4.69) is 29.4 Å². The van der Waals surface area contributed by atoms with E-state index in [-0.39, 0.29) is 12.5 Å². The maximum Gasteiger partial charge on any atom is 0.367 e. The standard InChI is InChI=1S/C22H20ClN5O2/c1-14(2)15-5-9-18(10-6-15)24-21(29)13-27-22(30)28-20(26-27)12-11-19(25-28)16-3-7-17(23)8-4-16/h3-12,14H,13H2,1-2H3,(H,24,29). The first-order valence-electron chi connectivity index (χ1n) is 9.53. The Morgan fingerprint density at radius 3 is 2.37 bits per heavy atom. The molecule has 0 fully saturated rings. The van der Waals surface area contributed by atoms with Gasteiger partial charge in [-0.1, -0.05) is 49.7 Å². The van der Waals surface area contributed by atoms with Gasteiger partial charge >= 0.3 is 5.69 Å². The third-order valence-electron chi connectivity index (χ3n) is 4.73. The highest BCUT2D eigenvalue weighted by Crippen LogP contribution is 2.19. The van der Waals surface area contributed by atoms with Gasteiger partial charge in [0.1, 0.15) is 6.54 Å². The summed E-state index contributed by atoms with van der Waals surface area (Å²) in [6.45, 7) is 4.01. The Morgan fingerprint density at radius 1 is 1.00 bits per heavy atom. The minimum atomic E-state index is -0.480. The Balaban J connectivity index is 1.54. The fourth-order valence-corrected chi connectivity index (χ4v) is 3.20. The Kier molecular flexibility index (Phi) is 5.37. The van der Waals surface area contributed by atoms with E-state index in [1.807, 2.05) is 36.4 Å². The molecule has 152 valence electrons. The zero-order valence-corrected chi connectivity index (χ0v) is 17.3. The van der Waals surface area contributed by atoms with Gasteiger partial charge in [0.25, 0.3) is 0 Å². The van der Waals surface area contributed by atoms with Crippen molar-refractivity contribution < 1.29 is 4.79 Å². The van der Waals surface area contributed by atoms with Gasteiger partial charge in [-0.25, -0.2) is 9.48 Å². The fourth-order valence-electron chi connectivity index (χ4n) is 3.07. The second kappa shape index (κ2) is 8.12. The van der Waals surface area contributed by atoms with E-state index in [4.69, 9.17) is 11.6 Å². The second-order valence-electron chi connectivity index (χ2n) is 7.26. The van der Waals surface area contributed by atoms with Crippen LogP contribution in [0.4, 0.5) is 5.69 Å². The minimum absolute atomic E-state index is 0.204. The van der Waals surface area contributed by atoms with Crippen molar-refractivity contribution in [2.24, 2.45) is 0 Å². The molecule has 0 bridgehead atoms. The average molecular weight is 422 g/mol. The lowest BCUT2D eigenvalue weighted by atomic mass is 10.0. The van der Waals surface area contributed by atoms with Crippen LogP contribution in [-0.2, 0) is 11.3 Å². The molecule has 2 aromatic carbocycles. The number of nitrogens with one attached hydrogen (secondary N) is 1. The highest BCUT2D eigenvalue weighted by molar-refractivity contribution is 6.30. The number of nitrogens with zero attached hydrogens (tertiary/aromatic N) is 4. The van der Waals surface area contributed by atoms with E-state index in [1.165, 1.54) is 10.1 Å². The smallest absolute Gasteiger partial charge is 0.324 e. The van der Waals surface area contributed by atoms with Crippen LogP contribution in [0.25, 0.3) is 16.9 Å². The van der Waals surface area contributed by atoms with Crippen LogP contribution in [-0.4, -0.2) is 25.3 Å². The van der Waals surface area contributed by atoms with Crippen LogP contribution in [0, 0.1) is 0 Å². The van der Waals surface area contributed by atoms with E-state index >= 15 is 0 Å². The Morgan fingerprint density at radius 2 is 1.70 bits per heavy atom. The third-order valence-corrected chi connectivity index (χ3v) is 4.99. The average Bonchev–Trinajstić information content (AvgIpc) is 3.03. The number of carbonyl (C=O) groups excluding carboxylic acids is 1. The molecule has 0 radical (unpaired) electrons. The van der Waals surface area contributed by atoms with Gasteiger partial charge in [0, 0.05) is 16.3 Å². The van der Waals surface area contributed by atoms with E-state index in [0.29, 0.717) is 28.0 Å². The van der Waals surface area contributed by atoms with Crippen molar-refractivity contribution in [2.75, 3.05) is 5.32 Å². The van der Waals surface area contributed by atoms with Crippen molar-refractivity contribution in [3.05, 3.63) is 81.7 Å². The molecule has 0 saturated carbocycles. The van der Waals surface area contributed by atoms with Crippen molar-refractivity contribution in [1.29, 1.82) is 0 Å². The normalized spacial score (nSPS) is 11.2. The zero-order chi connectivity index (χ0) is 21.3.